The first-order valence-corrected chi connectivity index (χ1v) is 7.48. The second kappa shape index (κ2) is 6.73. The van der Waals surface area contributed by atoms with Crippen molar-refractivity contribution in [1.29, 1.82) is 0 Å². The van der Waals surface area contributed by atoms with E-state index in [1.54, 1.807) is 0 Å². The second-order valence-electron chi connectivity index (χ2n) is 3.89. The van der Waals surface area contributed by atoms with Crippen molar-refractivity contribution in [2.45, 2.75) is 17.5 Å². The van der Waals surface area contributed by atoms with E-state index in [1.165, 1.54) is 12.1 Å². The van der Waals surface area contributed by atoms with Gasteiger partial charge in [-0.15, -0.1) is 0 Å². The van der Waals surface area contributed by atoms with E-state index in [0.29, 0.717) is 0 Å². The maximum atomic E-state index is 13.4. The number of alkyl halides is 3. The van der Waals surface area contributed by atoms with Gasteiger partial charge >= 0.3 is 6.18 Å². The van der Waals surface area contributed by atoms with E-state index in [-0.39, 0.29) is 11.4 Å². The molecule has 0 heterocycles. The molecule has 0 fully saturated rings. The molecule has 0 aromatic heterocycles. The Morgan fingerprint density at radius 3 is 2.45 bits per heavy atom. The fourth-order valence-electron chi connectivity index (χ4n) is 1.42. The zero-order chi connectivity index (χ0) is 15.4. The van der Waals surface area contributed by atoms with Crippen molar-refractivity contribution in [1.82, 2.24) is 0 Å². The molecule has 0 amide bonds. The predicted octanol–water partition coefficient (Wildman–Crippen LogP) is 3.22. The van der Waals surface area contributed by atoms with Crippen LogP contribution in [-0.2, 0) is 14.6 Å². The highest BCUT2D eigenvalue weighted by Gasteiger charge is 2.27. The average Bonchev–Trinajstić information content (AvgIpc) is 2.26. The normalized spacial score (nSPS) is 12.7. The van der Waals surface area contributed by atoms with Gasteiger partial charge in [0.05, 0.1) is 10.8 Å². The van der Waals surface area contributed by atoms with Gasteiger partial charge in [-0.2, -0.15) is 13.2 Å². The van der Waals surface area contributed by atoms with Gasteiger partial charge in [0.25, 0.3) is 0 Å². The monoisotopic (exact) mass is 334 g/mol. The number of hydrogen-bond donors (Lipinski definition) is 0. The van der Waals surface area contributed by atoms with Crippen molar-refractivity contribution in [3.63, 3.8) is 0 Å². The van der Waals surface area contributed by atoms with Crippen LogP contribution >= 0.6 is 11.6 Å². The maximum absolute atomic E-state index is 13.4. The molecule has 0 N–H and O–H groups in total. The van der Waals surface area contributed by atoms with Crippen LogP contribution in [0, 0.1) is 5.82 Å². The Kier molecular flexibility index (Phi) is 5.79. The van der Waals surface area contributed by atoms with Crippen LogP contribution in [0.4, 0.5) is 17.6 Å². The average molecular weight is 335 g/mol. The quantitative estimate of drug-likeness (QED) is 0.592. The minimum Gasteiger partial charge on any atom is -0.372 e. The summed E-state index contributed by atoms with van der Waals surface area (Å²) in [4.78, 5) is -0.641. The first-order chi connectivity index (χ1) is 9.13. The van der Waals surface area contributed by atoms with Crippen molar-refractivity contribution in [2.24, 2.45) is 0 Å². The lowest BCUT2D eigenvalue weighted by Gasteiger charge is -2.09. The van der Waals surface area contributed by atoms with Crippen LogP contribution in [0.5, 0.6) is 0 Å². The topological polar surface area (TPSA) is 43.4 Å². The molecular weight excluding hydrogens is 324 g/mol. The van der Waals surface area contributed by atoms with Crippen LogP contribution in [0.3, 0.4) is 0 Å². The highest BCUT2D eigenvalue weighted by atomic mass is 35.5. The van der Waals surface area contributed by atoms with E-state index < -0.39 is 45.7 Å². The van der Waals surface area contributed by atoms with Crippen molar-refractivity contribution in [2.75, 3.05) is 19.0 Å². The van der Waals surface area contributed by atoms with Crippen LogP contribution in [-0.4, -0.2) is 33.6 Å². The van der Waals surface area contributed by atoms with Gasteiger partial charge in [0, 0.05) is 6.61 Å². The number of sulfone groups is 1. The first-order valence-electron chi connectivity index (χ1n) is 5.45. The molecule has 20 heavy (non-hydrogen) atoms. The van der Waals surface area contributed by atoms with Crippen LogP contribution in [0.15, 0.2) is 23.1 Å². The number of rotatable bonds is 6. The molecule has 3 nitrogen and oxygen atoms in total. The molecule has 0 aliphatic rings. The maximum Gasteiger partial charge on any atom is 0.411 e. The van der Waals surface area contributed by atoms with Crippen molar-refractivity contribution < 1.29 is 30.7 Å². The molecule has 9 heteroatoms. The van der Waals surface area contributed by atoms with Crippen LogP contribution in [0.25, 0.3) is 0 Å². The molecule has 1 rings (SSSR count). The van der Waals surface area contributed by atoms with Gasteiger partial charge in [-0.3, -0.25) is 0 Å². The Balaban J connectivity index is 2.59. The van der Waals surface area contributed by atoms with Gasteiger partial charge < -0.3 is 4.74 Å². The molecule has 0 saturated carbocycles. The summed E-state index contributed by atoms with van der Waals surface area (Å²) in [6.45, 7) is -1.85. The van der Waals surface area contributed by atoms with Crippen molar-refractivity contribution >= 4 is 21.4 Å². The lowest BCUT2D eigenvalue weighted by molar-refractivity contribution is -0.173. The summed E-state index contributed by atoms with van der Waals surface area (Å²) in [7, 11) is -4.01. The molecule has 1 aromatic carbocycles. The first kappa shape index (κ1) is 17.2. The fourth-order valence-corrected chi connectivity index (χ4v) is 3.37. The molecule has 0 atom stereocenters. The molecule has 0 spiro atoms. The smallest absolute Gasteiger partial charge is 0.372 e. The Hall–Kier alpha value is -0.860. The van der Waals surface area contributed by atoms with E-state index in [2.05, 4.69) is 4.74 Å². The SMILES string of the molecule is O=S(=O)(CCCOCC(F)(F)F)c1c(F)cccc1Cl. The third-order valence-corrected chi connectivity index (χ3v) is 4.49. The Labute approximate surface area is 118 Å². The van der Waals surface area contributed by atoms with Gasteiger partial charge in [0.1, 0.15) is 17.3 Å². The second-order valence-corrected chi connectivity index (χ2v) is 6.34. The summed E-state index contributed by atoms with van der Waals surface area (Å²) in [5, 5.41) is -0.263. The Bertz CT molecular complexity index is 537. The lowest BCUT2D eigenvalue weighted by atomic mass is 10.3. The number of hydrogen-bond acceptors (Lipinski definition) is 3. The molecule has 114 valence electrons. The van der Waals surface area contributed by atoms with E-state index in [4.69, 9.17) is 11.6 Å². The van der Waals surface area contributed by atoms with E-state index >= 15 is 0 Å². The molecule has 0 aliphatic heterocycles. The fraction of sp³-hybridized carbons (Fsp3) is 0.455. The summed E-state index contributed by atoms with van der Waals surface area (Å²) in [6, 6.07) is 3.42. The molecule has 1 aromatic rings. The summed E-state index contributed by atoms with van der Waals surface area (Å²) in [5.74, 6) is -1.54. The molecule has 0 aliphatic carbocycles. The summed E-state index contributed by atoms with van der Waals surface area (Å²) < 4.78 is 76.7. The van der Waals surface area contributed by atoms with Gasteiger partial charge in [-0.05, 0) is 18.6 Å². The predicted molar refractivity (Wildman–Crippen MR) is 65.0 cm³/mol. The van der Waals surface area contributed by atoms with E-state index in [9.17, 15) is 26.0 Å². The number of halogens is 5. The largest absolute Gasteiger partial charge is 0.411 e. The minimum absolute atomic E-state index is 0.191. The molecule has 0 radical (unpaired) electrons. The number of benzene rings is 1. The van der Waals surface area contributed by atoms with Gasteiger partial charge in [-0.1, -0.05) is 17.7 Å². The van der Waals surface area contributed by atoms with Crippen molar-refractivity contribution in [3.05, 3.63) is 29.0 Å². The zero-order valence-electron chi connectivity index (χ0n) is 10.1. The van der Waals surface area contributed by atoms with E-state index in [0.717, 1.165) is 6.07 Å². The lowest BCUT2D eigenvalue weighted by Crippen LogP contribution is -2.18. The minimum atomic E-state index is -4.46. The zero-order valence-corrected chi connectivity index (χ0v) is 11.7. The van der Waals surface area contributed by atoms with Gasteiger partial charge in [0.15, 0.2) is 9.84 Å². The van der Waals surface area contributed by atoms with Gasteiger partial charge in [0.2, 0.25) is 0 Å². The van der Waals surface area contributed by atoms with Crippen molar-refractivity contribution in [3.8, 4) is 0 Å². The highest BCUT2D eigenvalue weighted by Crippen LogP contribution is 2.25. The van der Waals surface area contributed by atoms with Crippen LogP contribution in [0.2, 0.25) is 5.02 Å². The standard InChI is InChI=1S/C11H11ClF4O3S/c12-8-3-1-4-9(13)10(8)20(17,18)6-2-5-19-7-11(14,15)16/h1,3-4H,2,5-7H2. The Morgan fingerprint density at radius 2 is 1.90 bits per heavy atom. The third kappa shape index (κ3) is 5.26. The third-order valence-electron chi connectivity index (χ3n) is 2.20. The van der Waals surface area contributed by atoms with Crippen LogP contribution in [0.1, 0.15) is 6.42 Å². The molecule has 0 bridgehead atoms. The summed E-state index contributed by atoms with van der Waals surface area (Å²) >= 11 is 5.61. The number of ether oxygens (including phenoxy) is 1. The summed E-state index contributed by atoms with van der Waals surface area (Å²) in [5.41, 5.74) is 0. The highest BCUT2D eigenvalue weighted by molar-refractivity contribution is 7.91. The Morgan fingerprint density at radius 1 is 1.25 bits per heavy atom. The van der Waals surface area contributed by atoms with E-state index in [1.807, 2.05) is 0 Å². The van der Waals surface area contributed by atoms with Crippen LogP contribution < -0.4 is 0 Å². The molecule has 0 unspecified atom stereocenters. The molecule has 0 saturated heterocycles. The molecular formula is C11H11ClF4O3S. The summed E-state index contributed by atoms with van der Waals surface area (Å²) in [6.07, 6.45) is -4.66. The van der Waals surface area contributed by atoms with Gasteiger partial charge in [-0.25, -0.2) is 12.8 Å².